The van der Waals surface area contributed by atoms with Crippen molar-refractivity contribution in [3.05, 3.63) is 0 Å². The van der Waals surface area contributed by atoms with Crippen molar-refractivity contribution in [3.63, 3.8) is 0 Å². The Kier molecular flexibility index (Phi) is 5.70. The Morgan fingerprint density at radius 3 is 2.27 bits per heavy atom. The van der Waals surface area contributed by atoms with Gasteiger partial charge < -0.3 is 9.53 Å². The Morgan fingerprint density at radius 2 is 1.73 bits per heavy atom. The second kappa shape index (κ2) is 6.70. The first-order valence-corrected chi connectivity index (χ1v) is 13.3. The molecule has 2 saturated carbocycles. The van der Waals surface area contributed by atoms with E-state index in [2.05, 4.69) is 54.6 Å². The third kappa shape index (κ3) is 3.84. The minimum absolute atomic E-state index is 0.0269. The average Bonchev–Trinajstić information content (AvgIpc) is 2.38. The van der Waals surface area contributed by atoms with Gasteiger partial charge in [0.2, 0.25) is 0 Å². The van der Waals surface area contributed by atoms with E-state index in [1.54, 1.807) is 0 Å². The third-order valence-corrected chi connectivity index (χ3v) is 12.6. The summed E-state index contributed by atoms with van der Waals surface area (Å²) in [6.07, 6.45) is 4.42. The lowest BCUT2D eigenvalue weighted by molar-refractivity contribution is -0.181. The molecule has 0 radical (unpaired) electrons. The van der Waals surface area contributed by atoms with E-state index in [9.17, 15) is 9.90 Å². The van der Waals surface area contributed by atoms with Crippen LogP contribution >= 0.6 is 0 Å². The van der Waals surface area contributed by atoms with Crippen LogP contribution in [0.25, 0.3) is 0 Å². The van der Waals surface area contributed by atoms with Gasteiger partial charge in [0.25, 0.3) is 0 Å². The number of ketones is 1. The molecule has 0 spiro atoms. The number of fused-ring (bicyclic) bond motifs is 1. The monoisotopic (exact) mass is 382 g/mol. The number of rotatable bonds is 4. The van der Waals surface area contributed by atoms with Gasteiger partial charge in [-0.2, -0.15) is 0 Å². The van der Waals surface area contributed by atoms with E-state index in [0.29, 0.717) is 13.0 Å². The molecule has 0 aromatic carbocycles. The summed E-state index contributed by atoms with van der Waals surface area (Å²) in [6, 6.07) is 0. The van der Waals surface area contributed by atoms with E-state index < -0.39 is 13.9 Å². The van der Waals surface area contributed by atoms with Crippen molar-refractivity contribution in [3.8, 4) is 0 Å². The summed E-state index contributed by atoms with van der Waals surface area (Å²) in [5.74, 6) is 0.438. The highest BCUT2D eigenvalue weighted by Crippen LogP contribution is 2.61. The summed E-state index contributed by atoms with van der Waals surface area (Å²) < 4.78 is 6.44. The molecule has 2 aliphatic carbocycles. The lowest BCUT2D eigenvalue weighted by Gasteiger charge is -2.60. The Bertz CT molecular complexity index is 544. The lowest BCUT2D eigenvalue weighted by Crippen LogP contribution is -2.61. The van der Waals surface area contributed by atoms with E-state index >= 15 is 0 Å². The highest BCUT2D eigenvalue weighted by molar-refractivity contribution is 6.74. The van der Waals surface area contributed by atoms with Gasteiger partial charge >= 0.3 is 0 Å². The SMILES string of the molecule is CC1(C)CCC[C@]2(C)[C@@H](CCO[Si](C)(C)C(C)(C)C)[C@](C)(O)CC(=O)[C@@H]12. The van der Waals surface area contributed by atoms with E-state index in [-0.39, 0.29) is 33.5 Å². The van der Waals surface area contributed by atoms with Crippen LogP contribution in [0, 0.1) is 22.7 Å². The van der Waals surface area contributed by atoms with Crippen LogP contribution in [0.3, 0.4) is 0 Å². The van der Waals surface area contributed by atoms with Crippen LogP contribution in [0.2, 0.25) is 18.1 Å². The van der Waals surface area contributed by atoms with Crippen molar-refractivity contribution >= 4 is 14.1 Å². The van der Waals surface area contributed by atoms with Crippen LogP contribution < -0.4 is 0 Å². The lowest BCUT2D eigenvalue weighted by atomic mass is 9.45. The Hall–Kier alpha value is -0.193. The standard InChI is InChI=1S/C22H42O3Si/c1-19(2,3)26(8,9)25-14-11-17-21(6)13-10-12-20(4,5)18(21)16(23)15-22(17,7)24/h17-18,24H,10-15H2,1-9H3/t17-,18+,21-,22-/m1/s1. The molecule has 2 rings (SSSR count). The number of carbonyl (C=O) groups excluding carboxylic acids is 1. The molecule has 0 saturated heterocycles. The first-order chi connectivity index (χ1) is 11.5. The minimum atomic E-state index is -1.79. The van der Waals surface area contributed by atoms with E-state index in [1.807, 2.05) is 6.92 Å². The largest absolute Gasteiger partial charge is 0.417 e. The van der Waals surface area contributed by atoms with E-state index in [4.69, 9.17) is 4.43 Å². The van der Waals surface area contributed by atoms with Crippen LogP contribution in [-0.4, -0.2) is 31.4 Å². The summed E-state index contributed by atoms with van der Waals surface area (Å²) in [5.41, 5.74) is -1.02. The summed E-state index contributed by atoms with van der Waals surface area (Å²) in [5, 5.41) is 11.4. The van der Waals surface area contributed by atoms with Gasteiger partial charge in [0.1, 0.15) is 5.78 Å². The summed E-state index contributed by atoms with van der Waals surface area (Å²) >= 11 is 0. The number of Topliss-reactive ketones (excluding diaryl/α,β-unsaturated/α-hetero) is 1. The molecule has 4 heteroatoms. The van der Waals surface area contributed by atoms with Crippen molar-refractivity contribution < 1.29 is 14.3 Å². The Labute approximate surface area is 162 Å². The quantitative estimate of drug-likeness (QED) is 0.646. The minimum Gasteiger partial charge on any atom is -0.417 e. The normalized spacial score (nSPS) is 38.2. The van der Waals surface area contributed by atoms with Crippen molar-refractivity contribution in [2.45, 2.75) is 104 Å². The Morgan fingerprint density at radius 1 is 1.15 bits per heavy atom. The summed E-state index contributed by atoms with van der Waals surface area (Å²) in [6.45, 7) is 20.7. The van der Waals surface area contributed by atoms with E-state index in [1.165, 1.54) is 0 Å². The van der Waals surface area contributed by atoms with Crippen LogP contribution in [0.4, 0.5) is 0 Å². The first kappa shape index (κ1) is 22.1. The molecule has 0 aromatic rings. The molecule has 0 bridgehead atoms. The maximum atomic E-state index is 13.0. The van der Waals surface area contributed by atoms with Crippen LogP contribution in [0.1, 0.15) is 80.6 Å². The molecule has 1 N–H and O–H groups in total. The Balaban J connectivity index is 2.23. The van der Waals surface area contributed by atoms with Gasteiger partial charge in [-0.1, -0.05) is 48.0 Å². The average molecular weight is 383 g/mol. The smallest absolute Gasteiger partial charge is 0.191 e. The number of carbonyl (C=O) groups is 1. The molecule has 2 aliphatic rings. The van der Waals surface area contributed by atoms with E-state index in [0.717, 1.165) is 25.7 Å². The maximum absolute atomic E-state index is 13.0. The predicted molar refractivity (Wildman–Crippen MR) is 111 cm³/mol. The zero-order chi connectivity index (χ0) is 20.2. The fraction of sp³-hybridized carbons (Fsp3) is 0.955. The zero-order valence-electron chi connectivity index (χ0n) is 18.7. The highest BCUT2D eigenvalue weighted by Gasteiger charge is 2.61. The van der Waals surface area contributed by atoms with Gasteiger partial charge in [0, 0.05) is 18.9 Å². The van der Waals surface area contributed by atoms with Crippen LogP contribution in [0.5, 0.6) is 0 Å². The molecule has 152 valence electrons. The van der Waals surface area contributed by atoms with Crippen LogP contribution in [-0.2, 0) is 9.22 Å². The molecule has 0 amide bonds. The number of hydrogen-bond donors (Lipinski definition) is 1. The molecule has 0 aromatic heterocycles. The topological polar surface area (TPSA) is 46.5 Å². The molecule has 26 heavy (non-hydrogen) atoms. The van der Waals surface area contributed by atoms with Gasteiger partial charge in [-0.3, -0.25) is 4.79 Å². The number of aliphatic hydroxyl groups is 1. The summed E-state index contributed by atoms with van der Waals surface area (Å²) in [4.78, 5) is 13.0. The third-order valence-electron chi connectivity index (χ3n) is 8.05. The molecule has 4 atom stereocenters. The first-order valence-electron chi connectivity index (χ1n) is 10.4. The van der Waals surface area contributed by atoms with Crippen molar-refractivity contribution in [1.82, 2.24) is 0 Å². The molecular formula is C22H42O3Si. The van der Waals surface area contributed by atoms with Crippen molar-refractivity contribution in [1.29, 1.82) is 0 Å². The molecule has 3 nitrogen and oxygen atoms in total. The van der Waals surface area contributed by atoms with Gasteiger partial charge in [-0.05, 0) is 61.1 Å². The fourth-order valence-corrected chi connectivity index (χ4v) is 6.92. The van der Waals surface area contributed by atoms with Gasteiger partial charge in [-0.15, -0.1) is 0 Å². The number of hydrogen-bond acceptors (Lipinski definition) is 3. The predicted octanol–water partition coefficient (Wildman–Crippen LogP) is 5.57. The van der Waals surface area contributed by atoms with Gasteiger partial charge in [0.05, 0.1) is 5.60 Å². The molecular weight excluding hydrogens is 340 g/mol. The fourth-order valence-electron chi connectivity index (χ4n) is 5.86. The zero-order valence-corrected chi connectivity index (χ0v) is 19.7. The van der Waals surface area contributed by atoms with Gasteiger partial charge in [0.15, 0.2) is 8.32 Å². The molecule has 2 fully saturated rings. The van der Waals surface area contributed by atoms with Crippen LogP contribution in [0.15, 0.2) is 0 Å². The van der Waals surface area contributed by atoms with Crippen molar-refractivity contribution in [2.75, 3.05) is 6.61 Å². The second-order valence-corrected chi connectivity index (χ2v) is 16.5. The molecule has 0 aliphatic heterocycles. The van der Waals surface area contributed by atoms with Gasteiger partial charge in [-0.25, -0.2) is 0 Å². The second-order valence-electron chi connectivity index (χ2n) is 11.7. The highest BCUT2D eigenvalue weighted by atomic mass is 28.4. The molecule has 0 heterocycles. The molecule has 0 unspecified atom stereocenters. The van der Waals surface area contributed by atoms with Crippen molar-refractivity contribution in [2.24, 2.45) is 22.7 Å². The maximum Gasteiger partial charge on any atom is 0.191 e. The summed E-state index contributed by atoms with van der Waals surface area (Å²) in [7, 11) is -1.79.